The predicted octanol–water partition coefficient (Wildman–Crippen LogP) is 5.59. The fourth-order valence-electron chi connectivity index (χ4n) is 4.12. The Kier molecular flexibility index (Phi) is 4.40. The molecule has 31 heavy (non-hydrogen) atoms. The summed E-state index contributed by atoms with van der Waals surface area (Å²) in [4.78, 5) is 17.1. The lowest BCUT2D eigenvalue weighted by Crippen LogP contribution is -2.26. The molecule has 9 heteroatoms. The quantitative estimate of drug-likeness (QED) is 0.440. The van der Waals surface area contributed by atoms with Gasteiger partial charge in [0.1, 0.15) is 5.82 Å². The minimum absolute atomic E-state index is 0.0775. The molecule has 0 spiro atoms. The van der Waals surface area contributed by atoms with Crippen molar-refractivity contribution in [2.45, 2.75) is 32.4 Å². The summed E-state index contributed by atoms with van der Waals surface area (Å²) in [6.07, 6.45) is -4.59. The number of nitrogens with one attached hydrogen (secondary N) is 1. The van der Waals surface area contributed by atoms with Crippen molar-refractivity contribution in [1.29, 1.82) is 0 Å². The topological polar surface area (TPSA) is 59.8 Å². The van der Waals surface area contributed by atoms with Crippen LogP contribution in [0.25, 0.3) is 15.3 Å². The molecule has 0 saturated heterocycles. The van der Waals surface area contributed by atoms with E-state index in [9.17, 15) is 18.0 Å². The Labute approximate surface area is 179 Å². The number of hydrogen-bond donors (Lipinski definition) is 1. The standard InChI is InChI=1S/C22H17F3N4OS/c1-11-7-8-16-17(9-11)31-21(26-16)29-20-19(12(2)28-29)14(10-18(30)27-20)13-5-3-4-6-15(13)22(23,24)25/h3-9,14H,10H2,1-2H3,(H,27,30). The first-order valence-corrected chi connectivity index (χ1v) is 10.5. The second-order valence-corrected chi connectivity index (χ2v) is 8.63. The maximum Gasteiger partial charge on any atom is 0.416 e. The van der Waals surface area contributed by atoms with Gasteiger partial charge in [0.05, 0.1) is 21.5 Å². The van der Waals surface area contributed by atoms with Crippen molar-refractivity contribution in [2.75, 3.05) is 5.32 Å². The Balaban J connectivity index is 1.69. The lowest BCUT2D eigenvalue weighted by atomic mass is 9.83. The molecule has 2 aromatic heterocycles. The highest BCUT2D eigenvalue weighted by atomic mass is 32.1. The first-order chi connectivity index (χ1) is 14.7. The highest BCUT2D eigenvalue weighted by Gasteiger charge is 2.39. The zero-order valence-electron chi connectivity index (χ0n) is 16.6. The summed E-state index contributed by atoms with van der Waals surface area (Å²) in [6.45, 7) is 3.73. The van der Waals surface area contributed by atoms with Gasteiger partial charge in [-0.2, -0.15) is 23.0 Å². The minimum Gasteiger partial charge on any atom is -0.310 e. The molecule has 1 amide bonds. The first-order valence-electron chi connectivity index (χ1n) is 9.65. The van der Waals surface area contributed by atoms with E-state index in [0.717, 1.165) is 21.8 Å². The van der Waals surface area contributed by atoms with E-state index in [1.807, 2.05) is 25.1 Å². The van der Waals surface area contributed by atoms with Crippen LogP contribution < -0.4 is 5.32 Å². The van der Waals surface area contributed by atoms with Gasteiger partial charge in [0.25, 0.3) is 0 Å². The molecular formula is C22H17F3N4OS. The lowest BCUT2D eigenvalue weighted by molar-refractivity contribution is -0.138. The predicted molar refractivity (Wildman–Crippen MR) is 113 cm³/mol. The van der Waals surface area contributed by atoms with Gasteiger partial charge in [-0.15, -0.1) is 0 Å². The minimum atomic E-state index is -4.51. The summed E-state index contributed by atoms with van der Waals surface area (Å²) in [5, 5.41) is 7.91. The van der Waals surface area contributed by atoms with Crippen LogP contribution in [0.15, 0.2) is 42.5 Å². The van der Waals surface area contributed by atoms with Crippen molar-refractivity contribution in [3.8, 4) is 5.13 Å². The Morgan fingerprint density at radius 2 is 1.94 bits per heavy atom. The number of hydrogen-bond acceptors (Lipinski definition) is 4. The molecule has 0 radical (unpaired) electrons. The number of carbonyl (C=O) groups is 1. The maximum absolute atomic E-state index is 13.7. The molecule has 5 nitrogen and oxygen atoms in total. The number of nitrogens with zero attached hydrogens (tertiary/aromatic N) is 3. The van der Waals surface area contributed by atoms with E-state index in [1.54, 1.807) is 13.0 Å². The highest BCUT2D eigenvalue weighted by molar-refractivity contribution is 7.20. The molecule has 0 saturated carbocycles. The zero-order chi connectivity index (χ0) is 21.9. The highest BCUT2D eigenvalue weighted by Crippen LogP contribution is 2.45. The van der Waals surface area contributed by atoms with Crippen LogP contribution >= 0.6 is 11.3 Å². The second-order valence-electron chi connectivity index (χ2n) is 7.62. The monoisotopic (exact) mass is 442 g/mol. The maximum atomic E-state index is 13.7. The number of rotatable bonds is 2. The summed E-state index contributed by atoms with van der Waals surface area (Å²) >= 11 is 1.41. The molecule has 1 aliphatic heterocycles. The lowest BCUT2D eigenvalue weighted by Gasteiger charge is -2.26. The Morgan fingerprint density at radius 3 is 2.71 bits per heavy atom. The fourth-order valence-corrected chi connectivity index (χ4v) is 5.14. The van der Waals surface area contributed by atoms with Crippen molar-refractivity contribution in [3.63, 3.8) is 0 Å². The number of halogens is 3. The Bertz CT molecular complexity index is 1340. The van der Waals surface area contributed by atoms with Gasteiger partial charge in [0.15, 0.2) is 0 Å². The molecule has 1 atom stereocenters. The summed E-state index contributed by atoms with van der Waals surface area (Å²) in [6, 6.07) is 11.3. The van der Waals surface area contributed by atoms with Crippen LogP contribution in [0.1, 0.15) is 40.3 Å². The van der Waals surface area contributed by atoms with Crippen LogP contribution in [0.2, 0.25) is 0 Å². The van der Waals surface area contributed by atoms with E-state index >= 15 is 0 Å². The number of thiazole rings is 1. The van der Waals surface area contributed by atoms with Crippen LogP contribution in [0.5, 0.6) is 0 Å². The van der Waals surface area contributed by atoms with Crippen LogP contribution in [0, 0.1) is 13.8 Å². The first kappa shape index (κ1) is 19.7. The molecule has 0 bridgehead atoms. The SMILES string of the molecule is Cc1ccc2nc(-n3nc(C)c4c3NC(=O)CC4c3ccccc3C(F)(F)F)sc2c1. The average Bonchev–Trinajstić information content (AvgIpc) is 3.27. The van der Waals surface area contributed by atoms with E-state index in [4.69, 9.17) is 0 Å². The van der Waals surface area contributed by atoms with E-state index < -0.39 is 17.7 Å². The number of carbonyl (C=O) groups excluding carboxylic acids is 1. The van der Waals surface area contributed by atoms with Gasteiger partial charge in [-0.1, -0.05) is 35.6 Å². The zero-order valence-corrected chi connectivity index (χ0v) is 17.4. The number of aryl methyl sites for hydroxylation is 2. The van der Waals surface area contributed by atoms with Gasteiger partial charge in [-0.3, -0.25) is 4.79 Å². The van der Waals surface area contributed by atoms with Gasteiger partial charge >= 0.3 is 6.18 Å². The molecule has 4 aromatic rings. The van der Waals surface area contributed by atoms with Crippen molar-refractivity contribution in [3.05, 3.63) is 70.4 Å². The van der Waals surface area contributed by atoms with Gasteiger partial charge < -0.3 is 5.32 Å². The van der Waals surface area contributed by atoms with Gasteiger partial charge in [0, 0.05) is 17.9 Å². The Morgan fingerprint density at radius 1 is 1.16 bits per heavy atom. The molecule has 0 fully saturated rings. The number of aromatic nitrogens is 3. The molecule has 2 aromatic carbocycles. The summed E-state index contributed by atoms with van der Waals surface area (Å²) in [5.41, 5.74) is 2.39. The number of benzene rings is 2. The number of anilines is 1. The summed E-state index contributed by atoms with van der Waals surface area (Å²) < 4.78 is 43.5. The van der Waals surface area contributed by atoms with E-state index in [0.29, 0.717) is 22.2 Å². The molecule has 1 aliphatic rings. The molecule has 158 valence electrons. The third kappa shape index (κ3) is 3.29. The van der Waals surface area contributed by atoms with E-state index in [1.165, 1.54) is 28.2 Å². The molecule has 1 unspecified atom stereocenters. The third-order valence-corrected chi connectivity index (χ3v) is 6.45. The van der Waals surface area contributed by atoms with Crippen LogP contribution in [0.3, 0.4) is 0 Å². The van der Waals surface area contributed by atoms with Gasteiger partial charge in [0.2, 0.25) is 11.0 Å². The Hall–Kier alpha value is -3.20. The van der Waals surface area contributed by atoms with E-state index in [-0.39, 0.29) is 17.9 Å². The number of amides is 1. The van der Waals surface area contributed by atoms with Crippen molar-refractivity contribution in [1.82, 2.24) is 14.8 Å². The summed E-state index contributed by atoms with van der Waals surface area (Å²) in [5.74, 6) is -0.717. The van der Waals surface area contributed by atoms with Crippen molar-refractivity contribution < 1.29 is 18.0 Å². The van der Waals surface area contributed by atoms with Crippen LogP contribution in [-0.4, -0.2) is 20.7 Å². The van der Waals surface area contributed by atoms with Crippen molar-refractivity contribution >= 4 is 33.3 Å². The third-order valence-electron chi connectivity index (χ3n) is 5.46. The fraction of sp³-hybridized carbons (Fsp3) is 0.227. The summed E-state index contributed by atoms with van der Waals surface area (Å²) in [7, 11) is 0. The van der Waals surface area contributed by atoms with Gasteiger partial charge in [-0.05, 0) is 43.2 Å². The second kappa shape index (κ2) is 6.91. The van der Waals surface area contributed by atoms with Crippen LogP contribution in [-0.2, 0) is 11.0 Å². The largest absolute Gasteiger partial charge is 0.416 e. The van der Waals surface area contributed by atoms with Crippen molar-refractivity contribution in [2.24, 2.45) is 0 Å². The molecular weight excluding hydrogens is 425 g/mol. The van der Waals surface area contributed by atoms with Crippen LogP contribution in [0.4, 0.5) is 19.0 Å². The molecule has 3 heterocycles. The average molecular weight is 442 g/mol. The smallest absolute Gasteiger partial charge is 0.310 e. The molecule has 1 N–H and O–H groups in total. The molecule has 5 rings (SSSR count). The normalized spacial score (nSPS) is 16.4. The number of fused-ring (bicyclic) bond motifs is 2. The number of alkyl halides is 3. The van der Waals surface area contributed by atoms with Gasteiger partial charge in [-0.25, -0.2) is 4.98 Å². The molecule has 0 aliphatic carbocycles. The van der Waals surface area contributed by atoms with E-state index in [2.05, 4.69) is 15.4 Å².